The molecule has 0 aliphatic rings. The van der Waals surface area contributed by atoms with Crippen LogP contribution in [0, 0.1) is 0 Å². The van der Waals surface area contributed by atoms with Crippen LogP contribution in [0.1, 0.15) is 5.56 Å². The summed E-state index contributed by atoms with van der Waals surface area (Å²) in [7, 11) is 1.62. The monoisotopic (exact) mass is 210 g/mol. The van der Waals surface area contributed by atoms with Crippen molar-refractivity contribution in [1.29, 1.82) is 0 Å². The summed E-state index contributed by atoms with van der Waals surface area (Å²) in [5.41, 5.74) is 1.14. The second kappa shape index (κ2) is 5.67. The fraction of sp³-hybridized carbons (Fsp3) is 0.300. The quantitative estimate of drug-likeness (QED) is 0.729. The zero-order chi connectivity index (χ0) is 10.4. The van der Waals surface area contributed by atoms with Gasteiger partial charge in [-0.05, 0) is 5.56 Å². The van der Waals surface area contributed by atoms with Crippen molar-refractivity contribution in [1.82, 2.24) is 9.62 Å². The Bertz CT molecular complexity index is 289. The minimum absolute atomic E-state index is 0.0315. The van der Waals surface area contributed by atoms with Crippen LogP contribution in [-0.4, -0.2) is 23.8 Å². The van der Waals surface area contributed by atoms with Gasteiger partial charge in [-0.25, -0.2) is 4.31 Å². The van der Waals surface area contributed by atoms with Crippen LogP contribution in [0.25, 0.3) is 0 Å². The summed E-state index contributed by atoms with van der Waals surface area (Å²) >= 11 is 4.21. The number of hydrogen-bond donors (Lipinski definition) is 2. The van der Waals surface area contributed by atoms with Gasteiger partial charge in [0.1, 0.15) is 0 Å². The molecule has 0 radical (unpaired) electrons. The van der Waals surface area contributed by atoms with Gasteiger partial charge in [0, 0.05) is 13.6 Å². The molecule has 1 rings (SSSR count). The normalized spacial score (nSPS) is 10.2. The van der Waals surface area contributed by atoms with Gasteiger partial charge in [-0.1, -0.05) is 43.1 Å². The molecular weight excluding hydrogens is 196 g/mol. The van der Waals surface area contributed by atoms with Gasteiger partial charge >= 0.3 is 0 Å². The second-order valence-electron chi connectivity index (χ2n) is 2.98. The molecule has 0 saturated carbocycles. The Kier molecular flexibility index (Phi) is 4.49. The minimum Gasteiger partial charge on any atom is -0.358 e. The molecule has 0 bridgehead atoms. The van der Waals surface area contributed by atoms with E-state index in [0.29, 0.717) is 13.1 Å². The third kappa shape index (κ3) is 3.81. The van der Waals surface area contributed by atoms with E-state index < -0.39 is 0 Å². The molecule has 14 heavy (non-hydrogen) atoms. The zero-order valence-corrected chi connectivity index (χ0v) is 9.00. The van der Waals surface area contributed by atoms with E-state index in [1.165, 1.54) is 0 Å². The van der Waals surface area contributed by atoms with Crippen molar-refractivity contribution in [2.75, 3.05) is 13.6 Å². The summed E-state index contributed by atoms with van der Waals surface area (Å²) in [6.45, 7) is 0.964. The summed E-state index contributed by atoms with van der Waals surface area (Å²) in [6, 6.07) is 9.92. The second-order valence-corrected chi connectivity index (χ2v) is 3.55. The molecule has 1 aromatic carbocycles. The Labute approximate surface area is 89.7 Å². The van der Waals surface area contributed by atoms with Crippen molar-refractivity contribution >= 4 is 18.7 Å². The van der Waals surface area contributed by atoms with Crippen molar-refractivity contribution < 1.29 is 4.79 Å². The van der Waals surface area contributed by atoms with Gasteiger partial charge in [0.05, 0.1) is 6.54 Å². The fourth-order valence-electron chi connectivity index (χ4n) is 1.09. The number of benzene rings is 1. The maximum absolute atomic E-state index is 11.0. The van der Waals surface area contributed by atoms with Crippen molar-refractivity contribution in [3.05, 3.63) is 35.9 Å². The fourth-order valence-corrected chi connectivity index (χ4v) is 1.39. The van der Waals surface area contributed by atoms with Crippen LogP contribution in [0.15, 0.2) is 30.3 Å². The van der Waals surface area contributed by atoms with Gasteiger partial charge < -0.3 is 5.32 Å². The molecule has 0 aliphatic heterocycles. The van der Waals surface area contributed by atoms with Crippen LogP contribution in [0.4, 0.5) is 0 Å². The first kappa shape index (κ1) is 11.1. The lowest BCUT2D eigenvalue weighted by Gasteiger charge is -2.13. The topological polar surface area (TPSA) is 32.3 Å². The predicted molar refractivity (Wildman–Crippen MR) is 59.9 cm³/mol. The predicted octanol–water partition coefficient (Wildman–Crippen LogP) is 1.08. The van der Waals surface area contributed by atoms with Crippen molar-refractivity contribution in [2.45, 2.75) is 6.54 Å². The molecule has 0 atom stereocenters. The molecule has 3 nitrogen and oxygen atoms in total. The van der Waals surface area contributed by atoms with E-state index in [9.17, 15) is 4.79 Å². The highest BCUT2D eigenvalue weighted by Crippen LogP contribution is 2.05. The lowest BCUT2D eigenvalue weighted by atomic mass is 10.2. The van der Waals surface area contributed by atoms with Gasteiger partial charge in [0.2, 0.25) is 5.91 Å². The average molecular weight is 210 g/mol. The van der Waals surface area contributed by atoms with E-state index >= 15 is 0 Å². The van der Waals surface area contributed by atoms with Crippen molar-refractivity contribution in [3.8, 4) is 0 Å². The number of rotatable bonds is 4. The lowest BCUT2D eigenvalue weighted by Crippen LogP contribution is -2.29. The summed E-state index contributed by atoms with van der Waals surface area (Å²) < 4.78 is 1.67. The molecule has 0 aromatic heterocycles. The van der Waals surface area contributed by atoms with Gasteiger partial charge in [-0.15, -0.1) is 0 Å². The Hall–Kier alpha value is -1.00. The first-order chi connectivity index (χ1) is 6.72. The lowest BCUT2D eigenvalue weighted by molar-refractivity contribution is -0.120. The maximum atomic E-state index is 11.0. The molecule has 0 aliphatic carbocycles. The number of thiol groups is 1. The molecule has 1 N–H and O–H groups in total. The Morgan fingerprint density at radius 2 is 2.07 bits per heavy atom. The Morgan fingerprint density at radius 3 is 2.64 bits per heavy atom. The molecule has 0 unspecified atom stereocenters. The molecule has 0 heterocycles. The van der Waals surface area contributed by atoms with Crippen LogP contribution < -0.4 is 5.32 Å². The molecule has 1 amide bonds. The van der Waals surface area contributed by atoms with E-state index in [1.807, 2.05) is 30.3 Å². The summed E-state index contributed by atoms with van der Waals surface area (Å²) in [5, 5.41) is 2.55. The van der Waals surface area contributed by atoms with E-state index in [1.54, 1.807) is 11.4 Å². The zero-order valence-electron chi connectivity index (χ0n) is 8.10. The first-order valence-electron chi connectivity index (χ1n) is 4.40. The standard InChI is InChI=1S/C10H14N2OS/c1-11-10(13)8-12(14)7-9-5-3-2-4-6-9/h2-6,14H,7-8H2,1H3,(H,11,13). The van der Waals surface area contributed by atoms with Crippen LogP contribution in [0.5, 0.6) is 0 Å². The van der Waals surface area contributed by atoms with E-state index in [2.05, 4.69) is 18.1 Å². The van der Waals surface area contributed by atoms with Crippen LogP contribution in [0.2, 0.25) is 0 Å². The Balaban J connectivity index is 2.41. The largest absolute Gasteiger partial charge is 0.358 e. The SMILES string of the molecule is CNC(=O)CN(S)Cc1ccccc1. The minimum atomic E-state index is -0.0315. The molecule has 1 aromatic rings. The van der Waals surface area contributed by atoms with E-state index in [0.717, 1.165) is 5.56 Å². The number of amides is 1. The number of carbonyl (C=O) groups is 1. The van der Waals surface area contributed by atoms with Crippen LogP contribution in [0.3, 0.4) is 0 Å². The van der Waals surface area contributed by atoms with Gasteiger partial charge in [-0.2, -0.15) is 0 Å². The Morgan fingerprint density at radius 1 is 1.43 bits per heavy atom. The third-order valence-corrected chi connectivity index (χ3v) is 2.10. The number of carbonyl (C=O) groups excluding carboxylic acids is 1. The van der Waals surface area contributed by atoms with Crippen LogP contribution >= 0.6 is 12.8 Å². The average Bonchev–Trinajstić information content (AvgIpc) is 2.19. The van der Waals surface area contributed by atoms with Gasteiger partial charge in [0.15, 0.2) is 0 Å². The number of likely N-dealkylation sites (N-methyl/N-ethyl adjacent to an activating group) is 1. The van der Waals surface area contributed by atoms with Gasteiger partial charge in [0.25, 0.3) is 0 Å². The summed E-state index contributed by atoms with van der Waals surface area (Å²) in [4.78, 5) is 11.0. The number of nitrogens with zero attached hydrogens (tertiary/aromatic N) is 1. The van der Waals surface area contributed by atoms with Crippen molar-refractivity contribution in [3.63, 3.8) is 0 Å². The number of hydrogen-bond acceptors (Lipinski definition) is 3. The molecule has 0 fully saturated rings. The number of nitrogens with one attached hydrogen (secondary N) is 1. The smallest absolute Gasteiger partial charge is 0.234 e. The van der Waals surface area contributed by atoms with E-state index in [-0.39, 0.29) is 5.91 Å². The molecule has 0 spiro atoms. The molecular formula is C10H14N2OS. The highest BCUT2D eigenvalue weighted by atomic mass is 32.1. The van der Waals surface area contributed by atoms with Crippen molar-refractivity contribution in [2.24, 2.45) is 0 Å². The highest BCUT2D eigenvalue weighted by molar-refractivity contribution is 7.77. The highest BCUT2D eigenvalue weighted by Gasteiger charge is 2.05. The molecule has 76 valence electrons. The summed E-state index contributed by atoms with van der Waals surface area (Å²) in [5.74, 6) is -0.0315. The molecule has 4 heteroatoms. The first-order valence-corrected chi connectivity index (χ1v) is 4.80. The summed E-state index contributed by atoms with van der Waals surface area (Å²) in [6.07, 6.45) is 0. The maximum Gasteiger partial charge on any atom is 0.234 e. The van der Waals surface area contributed by atoms with E-state index in [4.69, 9.17) is 0 Å². The van der Waals surface area contributed by atoms with Crippen LogP contribution in [-0.2, 0) is 11.3 Å². The third-order valence-electron chi connectivity index (χ3n) is 1.81. The van der Waals surface area contributed by atoms with Gasteiger partial charge in [-0.3, -0.25) is 4.79 Å². The molecule has 0 saturated heterocycles.